The first-order valence-electron chi connectivity index (χ1n) is 6.08. The van der Waals surface area contributed by atoms with E-state index in [0.29, 0.717) is 21.2 Å². The molecule has 0 saturated carbocycles. The Labute approximate surface area is 134 Å². The maximum atomic E-state index is 10.8. The summed E-state index contributed by atoms with van der Waals surface area (Å²) in [5.41, 5.74) is 0.922. The van der Waals surface area contributed by atoms with E-state index in [1.807, 2.05) is 0 Å². The number of nitro benzene ring substituents is 1. The van der Waals surface area contributed by atoms with Crippen LogP contribution in [0.25, 0.3) is 22.8 Å². The highest BCUT2D eigenvalue weighted by molar-refractivity contribution is 6.35. The van der Waals surface area contributed by atoms with E-state index in [-0.39, 0.29) is 17.4 Å². The maximum Gasteiger partial charge on any atom is 0.270 e. The Kier molecular flexibility index (Phi) is 3.79. The van der Waals surface area contributed by atoms with E-state index < -0.39 is 4.92 Å². The molecule has 0 saturated heterocycles. The van der Waals surface area contributed by atoms with Crippen molar-refractivity contribution in [2.24, 2.45) is 0 Å². The van der Waals surface area contributed by atoms with Crippen LogP contribution in [0.5, 0.6) is 0 Å². The minimum atomic E-state index is -0.488. The van der Waals surface area contributed by atoms with E-state index in [9.17, 15) is 10.1 Å². The van der Waals surface area contributed by atoms with Gasteiger partial charge in [-0.1, -0.05) is 40.5 Å². The van der Waals surface area contributed by atoms with E-state index in [1.165, 1.54) is 12.1 Å². The molecule has 2 aromatic carbocycles. The van der Waals surface area contributed by atoms with Gasteiger partial charge in [0, 0.05) is 22.7 Å². The third kappa shape index (κ3) is 2.79. The molecule has 0 aliphatic heterocycles. The third-order valence-electron chi connectivity index (χ3n) is 2.90. The van der Waals surface area contributed by atoms with Crippen LogP contribution in [0.1, 0.15) is 0 Å². The standard InChI is InChI=1S/C14H7Cl2N3O3/c15-9-4-5-12(16)11(7-9)14-17-13(18-22-14)8-2-1-3-10(6-8)19(20)21/h1-7H. The minimum Gasteiger partial charge on any atom is -0.334 e. The van der Waals surface area contributed by atoms with Gasteiger partial charge in [-0.3, -0.25) is 10.1 Å². The minimum absolute atomic E-state index is 0.0513. The molecule has 22 heavy (non-hydrogen) atoms. The fourth-order valence-corrected chi connectivity index (χ4v) is 2.24. The van der Waals surface area contributed by atoms with Crippen molar-refractivity contribution in [3.63, 3.8) is 0 Å². The molecule has 0 N–H and O–H groups in total. The van der Waals surface area contributed by atoms with Gasteiger partial charge in [-0.25, -0.2) is 0 Å². The number of nitrogens with zero attached hydrogens (tertiary/aromatic N) is 3. The van der Waals surface area contributed by atoms with Crippen LogP contribution in [0.15, 0.2) is 47.0 Å². The molecule has 3 aromatic rings. The number of nitro groups is 1. The largest absolute Gasteiger partial charge is 0.334 e. The quantitative estimate of drug-likeness (QED) is 0.515. The first-order chi connectivity index (χ1) is 10.5. The predicted molar refractivity (Wildman–Crippen MR) is 81.8 cm³/mol. The van der Waals surface area contributed by atoms with Crippen molar-refractivity contribution in [3.8, 4) is 22.8 Å². The summed E-state index contributed by atoms with van der Waals surface area (Å²) in [5.74, 6) is 0.420. The summed E-state index contributed by atoms with van der Waals surface area (Å²) in [6, 6.07) is 10.8. The molecule has 1 aromatic heterocycles. The number of aromatic nitrogens is 2. The molecule has 1 heterocycles. The van der Waals surface area contributed by atoms with Crippen molar-refractivity contribution >= 4 is 28.9 Å². The van der Waals surface area contributed by atoms with Crippen LogP contribution in [0.2, 0.25) is 10.0 Å². The number of hydrogen-bond acceptors (Lipinski definition) is 5. The second-order valence-electron chi connectivity index (χ2n) is 4.35. The van der Waals surface area contributed by atoms with Crippen molar-refractivity contribution in [2.45, 2.75) is 0 Å². The van der Waals surface area contributed by atoms with E-state index in [2.05, 4.69) is 10.1 Å². The molecule has 0 bridgehead atoms. The van der Waals surface area contributed by atoms with Crippen LogP contribution >= 0.6 is 23.2 Å². The predicted octanol–water partition coefficient (Wildman–Crippen LogP) is 4.62. The molecule has 110 valence electrons. The summed E-state index contributed by atoms with van der Waals surface area (Å²) >= 11 is 12.0. The summed E-state index contributed by atoms with van der Waals surface area (Å²) in [5, 5.41) is 15.5. The Bertz CT molecular complexity index is 864. The van der Waals surface area contributed by atoms with Gasteiger partial charge in [0.2, 0.25) is 5.82 Å². The maximum absolute atomic E-state index is 10.8. The van der Waals surface area contributed by atoms with Crippen molar-refractivity contribution in [1.82, 2.24) is 10.1 Å². The van der Waals surface area contributed by atoms with E-state index in [4.69, 9.17) is 27.7 Å². The van der Waals surface area contributed by atoms with Gasteiger partial charge in [0.1, 0.15) is 0 Å². The average molecular weight is 336 g/mol. The van der Waals surface area contributed by atoms with Crippen molar-refractivity contribution in [2.75, 3.05) is 0 Å². The van der Waals surface area contributed by atoms with Crippen molar-refractivity contribution in [1.29, 1.82) is 0 Å². The van der Waals surface area contributed by atoms with Gasteiger partial charge in [0.25, 0.3) is 11.6 Å². The molecule has 0 spiro atoms. The zero-order valence-corrected chi connectivity index (χ0v) is 12.4. The van der Waals surface area contributed by atoms with Crippen LogP contribution in [0.3, 0.4) is 0 Å². The van der Waals surface area contributed by atoms with Gasteiger partial charge in [0.05, 0.1) is 15.5 Å². The van der Waals surface area contributed by atoms with Crippen molar-refractivity contribution in [3.05, 3.63) is 62.6 Å². The summed E-state index contributed by atoms with van der Waals surface area (Å²) in [6.45, 7) is 0. The van der Waals surface area contributed by atoms with Crippen LogP contribution in [0.4, 0.5) is 5.69 Å². The molecular formula is C14H7Cl2N3O3. The van der Waals surface area contributed by atoms with E-state index >= 15 is 0 Å². The fraction of sp³-hybridized carbons (Fsp3) is 0. The Hall–Kier alpha value is -2.44. The summed E-state index contributed by atoms with van der Waals surface area (Å²) in [6.07, 6.45) is 0. The summed E-state index contributed by atoms with van der Waals surface area (Å²) < 4.78 is 5.17. The highest BCUT2D eigenvalue weighted by atomic mass is 35.5. The summed E-state index contributed by atoms with van der Waals surface area (Å²) in [4.78, 5) is 14.5. The zero-order chi connectivity index (χ0) is 15.7. The lowest BCUT2D eigenvalue weighted by molar-refractivity contribution is -0.384. The van der Waals surface area contributed by atoms with Gasteiger partial charge in [-0.15, -0.1) is 0 Å². The van der Waals surface area contributed by atoms with E-state index in [1.54, 1.807) is 30.3 Å². The van der Waals surface area contributed by atoms with Gasteiger partial charge in [-0.05, 0) is 18.2 Å². The molecule has 0 fully saturated rings. The second kappa shape index (κ2) is 5.75. The Morgan fingerprint density at radius 2 is 1.95 bits per heavy atom. The van der Waals surface area contributed by atoms with Gasteiger partial charge >= 0.3 is 0 Å². The molecule has 8 heteroatoms. The number of hydrogen-bond donors (Lipinski definition) is 0. The number of rotatable bonds is 3. The zero-order valence-electron chi connectivity index (χ0n) is 10.9. The SMILES string of the molecule is O=[N+]([O-])c1cccc(-c2noc(-c3cc(Cl)ccc3Cl)n2)c1. The Balaban J connectivity index is 2.02. The normalized spacial score (nSPS) is 10.6. The van der Waals surface area contributed by atoms with Crippen LogP contribution in [-0.2, 0) is 0 Å². The number of benzene rings is 2. The summed E-state index contributed by atoms with van der Waals surface area (Å²) in [7, 11) is 0. The lowest BCUT2D eigenvalue weighted by Gasteiger charge is -1.98. The fourth-order valence-electron chi connectivity index (χ4n) is 1.87. The third-order valence-corrected chi connectivity index (χ3v) is 3.46. The van der Waals surface area contributed by atoms with Gasteiger partial charge in [0.15, 0.2) is 0 Å². The number of halogens is 2. The van der Waals surface area contributed by atoms with Crippen LogP contribution < -0.4 is 0 Å². The Morgan fingerprint density at radius 3 is 2.73 bits per heavy atom. The molecule has 0 aliphatic carbocycles. The molecule has 0 atom stereocenters. The highest BCUT2D eigenvalue weighted by Crippen LogP contribution is 2.31. The topological polar surface area (TPSA) is 82.1 Å². The lowest BCUT2D eigenvalue weighted by Crippen LogP contribution is -1.89. The first kappa shape index (κ1) is 14.5. The van der Waals surface area contributed by atoms with Gasteiger partial charge < -0.3 is 4.52 Å². The first-order valence-corrected chi connectivity index (χ1v) is 6.84. The molecule has 3 rings (SSSR count). The van der Waals surface area contributed by atoms with Crippen LogP contribution in [0, 0.1) is 10.1 Å². The van der Waals surface area contributed by atoms with Gasteiger partial charge in [-0.2, -0.15) is 4.98 Å². The molecule has 0 unspecified atom stereocenters. The van der Waals surface area contributed by atoms with E-state index in [0.717, 1.165) is 0 Å². The smallest absolute Gasteiger partial charge is 0.270 e. The molecular weight excluding hydrogens is 329 g/mol. The van der Waals surface area contributed by atoms with Crippen LogP contribution in [-0.4, -0.2) is 15.1 Å². The monoisotopic (exact) mass is 335 g/mol. The Morgan fingerprint density at radius 1 is 1.14 bits per heavy atom. The second-order valence-corrected chi connectivity index (χ2v) is 5.20. The molecule has 6 nitrogen and oxygen atoms in total. The van der Waals surface area contributed by atoms with Crippen molar-refractivity contribution < 1.29 is 9.45 Å². The average Bonchev–Trinajstić information content (AvgIpc) is 2.99. The molecule has 0 amide bonds. The number of non-ortho nitro benzene ring substituents is 1. The molecule has 0 aliphatic rings. The lowest BCUT2D eigenvalue weighted by atomic mass is 10.2. The molecule has 0 radical (unpaired) electrons. The highest BCUT2D eigenvalue weighted by Gasteiger charge is 2.15.